The molecule has 0 saturated heterocycles. The highest BCUT2D eigenvalue weighted by molar-refractivity contribution is 5.78. The van der Waals surface area contributed by atoms with Crippen molar-refractivity contribution < 1.29 is 14.3 Å². The molecule has 0 aliphatic carbocycles. The van der Waals surface area contributed by atoms with Crippen molar-refractivity contribution in [2.75, 3.05) is 7.11 Å². The van der Waals surface area contributed by atoms with Gasteiger partial charge in [-0.3, -0.25) is 4.79 Å². The molecule has 0 amide bonds. The number of aromatic hydroxyl groups is 1. The lowest BCUT2D eigenvalue weighted by atomic mass is 10.2. The van der Waals surface area contributed by atoms with Crippen LogP contribution < -0.4 is 10.2 Å². The monoisotopic (exact) mass is 192 g/mol. The molecule has 4 heteroatoms. The van der Waals surface area contributed by atoms with E-state index in [0.717, 1.165) is 0 Å². The predicted molar refractivity (Wildman–Crippen MR) is 50.7 cm³/mol. The first-order valence-corrected chi connectivity index (χ1v) is 4.01. The number of hydrogen-bond acceptors (Lipinski definition) is 4. The highest BCUT2D eigenvalue weighted by atomic mass is 16.5. The Bertz CT molecular complexity index is 527. The van der Waals surface area contributed by atoms with Crippen molar-refractivity contribution in [2.24, 2.45) is 0 Å². The summed E-state index contributed by atoms with van der Waals surface area (Å²) in [6, 6.07) is 4.31. The Morgan fingerprint density at radius 1 is 1.43 bits per heavy atom. The van der Waals surface area contributed by atoms with Crippen LogP contribution in [-0.2, 0) is 0 Å². The second kappa shape index (κ2) is 3.06. The summed E-state index contributed by atoms with van der Waals surface area (Å²) in [5, 5.41) is 9.55. The van der Waals surface area contributed by atoms with Crippen LogP contribution in [0.5, 0.6) is 11.5 Å². The summed E-state index contributed by atoms with van der Waals surface area (Å²) < 4.78 is 9.92. The highest BCUT2D eigenvalue weighted by Crippen LogP contribution is 2.19. The Morgan fingerprint density at radius 2 is 2.21 bits per heavy atom. The molecule has 0 bridgehead atoms. The molecule has 0 radical (unpaired) electrons. The summed E-state index contributed by atoms with van der Waals surface area (Å²) >= 11 is 0. The van der Waals surface area contributed by atoms with Gasteiger partial charge in [-0.05, 0) is 12.1 Å². The minimum atomic E-state index is -0.242. The summed E-state index contributed by atoms with van der Waals surface area (Å²) in [4.78, 5) is 11.6. The van der Waals surface area contributed by atoms with E-state index in [1.54, 1.807) is 0 Å². The summed E-state index contributed by atoms with van der Waals surface area (Å²) in [5.74, 6) is 0.217. The Balaban J connectivity index is 2.84. The van der Waals surface area contributed by atoms with Crippen LogP contribution in [0.25, 0.3) is 11.0 Å². The van der Waals surface area contributed by atoms with E-state index < -0.39 is 0 Å². The summed E-state index contributed by atoms with van der Waals surface area (Å²) in [5.41, 5.74) is 0.101. The van der Waals surface area contributed by atoms with Crippen molar-refractivity contribution in [3.63, 3.8) is 0 Å². The Kier molecular flexibility index (Phi) is 1.89. The Morgan fingerprint density at radius 3 is 2.93 bits per heavy atom. The lowest BCUT2D eigenvalue weighted by molar-refractivity contribution is 0.393. The number of fused-ring (bicyclic) bond motifs is 1. The van der Waals surface area contributed by atoms with Crippen LogP contribution in [0, 0.1) is 0 Å². The minimum absolute atomic E-state index is 0.0609. The molecule has 2 aromatic rings. The fraction of sp³-hybridized carbons (Fsp3) is 0.100. The van der Waals surface area contributed by atoms with Gasteiger partial charge in [-0.25, -0.2) is 0 Å². The van der Waals surface area contributed by atoms with Gasteiger partial charge in [0.05, 0.1) is 12.5 Å². The zero-order chi connectivity index (χ0) is 10.1. The predicted octanol–water partition coefficient (Wildman–Crippen LogP) is 1.51. The normalized spacial score (nSPS) is 10.4. The lowest BCUT2D eigenvalue weighted by Crippen LogP contribution is -2.04. The van der Waals surface area contributed by atoms with E-state index in [2.05, 4.69) is 0 Å². The van der Waals surface area contributed by atoms with E-state index in [-0.39, 0.29) is 16.9 Å². The summed E-state index contributed by atoms with van der Waals surface area (Å²) in [6.07, 6.45) is 1.23. The van der Waals surface area contributed by atoms with E-state index in [4.69, 9.17) is 14.3 Å². The quantitative estimate of drug-likeness (QED) is 0.743. The lowest BCUT2D eigenvalue weighted by Gasteiger charge is -2.00. The van der Waals surface area contributed by atoms with Gasteiger partial charge < -0.3 is 14.3 Å². The van der Waals surface area contributed by atoms with E-state index in [1.165, 1.54) is 31.6 Å². The molecule has 0 spiro atoms. The maximum atomic E-state index is 11.6. The average Bonchev–Trinajstić information content (AvgIpc) is 2.18. The van der Waals surface area contributed by atoms with Crippen LogP contribution in [0.2, 0.25) is 0 Å². The third-order valence-corrected chi connectivity index (χ3v) is 1.95. The van der Waals surface area contributed by atoms with Crippen molar-refractivity contribution in [1.29, 1.82) is 0 Å². The van der Waals surface area contributed by atoms with Gasteiger partial charge in [-0.1, -0.05) is 0 Å². The maximum absolute atomic E-state index is 11.6. The second-order valence-corrected chi connectivity index (χ2v) is 2.81. The number of phenols is 1. The first-order chi connectivity index (χ1) is 6.72. The van der Waals surface area contributed by atoms with Gasteiger partial charge >= 0.3 is 0 Å². The number of hydrogen-bond donors (Lipinski definition) is 1. The third kappa shape index (κ3) is 1.21. The molecule has 0 atom stereocenters. The van der Waals surface area contributed by atoms with E-state index >= 15 is 0 Å². The van der Waals surface area contributed by atoms with Gasteiger partial charge in [-0.15, -0.1) is 0 Å². The fourth-order valence-corrected chi connectivity index (χ4v) is 1.24. The van der Waals surface area contributed by atoms with Crippen molar-refractivity contribution in [1.82, 2.24) is 0 Å². The van der Waals surface area contributed by atoms with Crippen LogP contribution in [0.3, 0.4) is 0 Å². The third-order valence-electron chi connectivity index (χ3n) is 1.95. The Hall–Kier alpha value is -1.97. The van der Waals surface area contributed by atoms with Gasteiger partial charge in [0.1, 0.15) is 17.6 Å². The van der Waals surface area contributed by atoms with E-state index in [9.17, 15) is 4.79 Å². The first-order valence-electron chi connectivity index (χ1n) is 4.01. The Labute approximate surface area is 79.4 Å². The van der Waals surface area contributed by atoms with Gasteiger partial charge in [0.2, 0.25) is 11.2 Å². The minimum Gasteiger partial charge on any atom is -0.508 e. The van der Waals surface area contributed by atoms with Gasteiger partial charge in [0, 0.05) is 6.07 Å². The SMILES string of the molecule is COc1coc2cc(O)ccc2c1=O. The molecule has 0 saturated carbocycles. The molecule has 0 fully saturated rings. The topological polar surface area (TPSA) is 59.7 Å². The van der Waals surface area contributed by atoms with Crippen LogP contribution >= 0.6 is 0 Å². The van der Waals surface area contributed by atoms with Crippen molar-refractivity contribution >= 4 is 11.0 Å². The highest BCUT2D eigenvalue weighted by Gasteiger charge is 2.06. The molecule has 0 aliphatic rings. The average molecular weight is 192 g/mol. The zero-order valence-electron chi connectivity index (χ0n) is 7.48. The van der Waals surface area contributed by atoms with E-state index in [0.29, 0.717) is 11.0 Å². The molecule has 0 unspecified atom stereocenters. The molecular formula is C10H8O4. The number of methoxy groups -OCH3 is 1. The van der Waals surface area contributed by atoms with Gasteiger partial charge in [-0.2, -0.15) is 0 Å². The maximum Gasteiger partial charge on any atom is 0.234 e. The first kappa shape index (κ1) is 8.62. The molecule has 1 heterocycles. The molecule has 1 N–H and O–H groups in total. The number of ether oxygens (including phenoxy) is 1. The molecule has 1 aromatic carbocycles. The van der Waals surface area contributed by atoms with Gasteiger partial charge in [0.25, 0.3) is 0 Å². The molecule has 72 valence electrons. The van der Waals surface area contributed by atoms with Crippen LogP contribution in [0.4, 0.5) is 0 Å². The smallest absolute Gasteiger partial charge is 0.234 e. The molecule has 2 rings (SSSR count). The van der Waals surface area contributed by atoms with Crippen molar-refractivity contribution in [3.8, 4) is 11.5 Å². The summed E-state index contributed by atoms with van der Waals surface area (Å²) in [7, 11) is 1.40. The number of rotatable bonds is 1. The van der Waals surface area contributed by atoms with Gasteiger partial charge in [0.15, 0.2) is 0 Å². The zero-order valence-corrected chi connectivity index (χ0v) is 7.48. The molecule has 1 aromatic heterocycles. The van der Waals surface area contributed by atoms with Crippen molar-refractivity contribution in [2.45, 2.75) is 0 Å². The standard InChI is InChI=1S/C10H8O4/c1-13-9-5-14-8-4-6(11)2-3-7(8)10(9)12/h2-5,11H,1H3. The molecule has 0 aliphatic heterocycles. The van der Waals surface area contributed by atoms with Crippen LogP contribution in [-0.4, -0.2) is 12.2 Å². The largest absolute Gasteiger partial charge is 0.508 e. The summed E-state index contributed by atoms with van der Waals surface area (Å²) in [6.45, 7) is 0. The van der Waals surface area contributed by atoms with Crippen LogP contribution in [0.15, 0.2) is 33.7 Å². The number of benzene rings is 1. The molecule has 4 nitrogen and oxygen atoms in total. The van der Waals surface area contributed by atoms with Crippen LogP contribution in [0.1, 0.15) is 0 Å². The molecule has 14 heavy (non-hydrogen) atoms. The number of phenolic OH excluding ortho intramolecular Hbond substituents is 1. The van der Waals surface area contributed by atoms with E-state index in [1.807, 2.05) is 0 Å². The van der Waals surface area contributed by atoms with Crippen molar-refractivity contribution in [3.05, 3.63) is 34.7 Å². The fourth-order valence-electron chi connectivity index (χ4n) is 1.24. The second-order valence-electron chi connectivity index (χ2n) is 2.81. The molecular weight excluding hydrogens is 184 g/mol.